The third-order valence-electron chi connectivity index (χ3n) is 4.01. The van der Waals surface area contributed by atoms with Crippen LogP contribution in [0.5, 0.6) is 0 Å². The Hall–Kier alpha value is -0.0900. The first kappa shape index (κ1) is 16.3. The SMILES string of the molecule is CCCCN1CCC(NCc2ccc(Br)cc2Cl)CC1. The lowest BCUT2D eigenvalue weighted by atomic mass is 10.0. The predicted octanol–water partition coefficient (Wildman–Crippen LogP) is 4.46. The Morgan fingerprint density at radius 3 is 2.75 bits per heavy atom. The molecular weight excluding hydrogens is 336 g/mol. The van der Waals surface area contributed by atoms with Crippen LogP contribution >= 0.6 is 27.5 Å². The summed E-state index contributed by atoms with van der Waals surface area (Å²) in [5.74, 6) is 0. The van der Waals surface area contributed by atoms with Crippen molar-refractivity contribution >= 4 is 27.5 Å². The number of hydrogen-bond acceptors (Lipinski definition) is 2. The van der Waals surface area contributed by atoms with Crippen molar-refractivity contribution < 1.29 is 0 Å². The molecule has 2 rings (SSSR count). The van der Waals surface area contributed by atoms with Crippen LogP contribution in [0.3, 0.4) is 0 Å². The van der Waals surface area contributed by atoms with Gasteiger partial charge in [-0.05, 0) is 56.6 Å². The number of nitrogens with zero attached hydrogens (tertiary/aromatic N) is 1. The third-order valence-corrected chi connectivity index (χ3v) is 4.86. The molecule has 112 valence electrons. The summed E-state index contributed by atoms with van der Waals surface area (Å²) in [6, 6.07) is 6.74. The maximum atomic E-state index is 6.25. The van der Waals surface area contributed by atoms with Crippen LogP contribution in [0.4, 0.5) is 0 Å². The Labute approximate surface area is 136 Å². The van der Waals surface area contributed by atoms with Gasteiger partial charge in [-0.1, -0.05) is 46.9 Å². The van der Waals surface area contributed by atoms with E-state index in [4.69, 9.17) is 11.6 Å². The molecule has 1 aromatic carbocycles. The molecule has 2 nitrogen and oxygen atoms in total. The van der Waals surface area contributed by atoms with Gasteiger partial charge in [-0.3, -0.25) is 0 Å². The van der Waals surface area contributed by atoms with Gasteiger partial charge in [0.05, 0.1) is 0 Å². The molecule has 0 aliphatic carbocycles. The van der Waals surface area contributed by atoms with Crippen LogP contribution in [0.1, 0.15) is 38.2 Å². The van der Waals surface area contributed by atoms with Crippen molar-refractivity contribution in [2.75, 3.05) is 19.6 Å². The van der Waals surface area contributed by atoms with Gasteiger partial charge < -0.3 is 10.2 Å². The second kappa shape index (κ2) is 8.38. The summed E-state index contributed by atoms with van der Waals surface area (Å²) in [5.41, 5.74) is 1.18. The summed E-state index contributed by atoms with van der Waals surface area (Å²) >= 11 is 9.69. The standard InChI is InChI=1S/C16H24BrClN2/c1-2-3-8-20-9-6-15(7-10-20)19-12-13-4-5-14(17)11-16(13)18/h4-5,11,15,19H,2-3,6-10,12H2,1H3. The van der Waals surface area contributed by atoms with Gasteiger partial charge in [0, 0.05) is 22.1 Å². The van der Waals surface area contributed by atoms with Gasteiger partial charge in [0.15, 0.2) is 0 Å². The largest absolute Gasteiger partial charge is 0.310 e. The number of rotatable bonds is 6. The number of halogens is 2. The van der Waals surface area contributed by atoms with E-state index in [-0.39, 0.29) is 0 Å². The van der Waals surface area contributed by atoms with Crippen LogP contribution in [0.25, 0.3) is 0 Å². The second-order valence-electron chi connectivity index (χ2n) is 5.59. The fourth-order valence-electron chi connectivity index (χ4n) is 2.66. The van der Waals surface area contributed by atoms with Crippen LogP contribution in [-0.2, 0) is 6.54 Å². The minimum absolute atomic E-state index is 0.632. The lowest BCUT2D eigenvalue weighted by Gasteiger charge is -2.32. The van der Waals surface area contributed by atoms with E-state index in [0.717, 1.165) is 16.0 Å². The fourth-order valence-corrected chi connectivity index (χ4v) is 3.40. The Balaban J connectivity index is 1.73. The maximum Gasteiger partial charge on any atom is 0.0462 e. The normalized spacial score (nSPS) is 17.6. The minimum Gasteiger partial charge on any atom is -0.310 e. The molecule has 0 aromatic heterocycles. The monoisotopic (exact) mass is 358 g/mol. The number of piperidine rings is 1. The highest BCUT2D eigenvalue weighted by Crippen LogP contribution is 2.21. The molecule has 1 N–H and O–H groups in total. The average Bonchev–Trinajstić information content (AvgIpc) is 2.45. The van der Waals surface area contributed by atoms with Crippen LogP contribution in [0.15, 0.2) is 22.7 Å². The van der Waals surface area contributed by atoms with E-state index in [1.54, 1.807) is 0 Å². The molecule has 0 saturated carbocycles. The lowest BCUT2D eigenvalue weighted by molar-refractivity contribution is 0.195. The van der Waals surface area contributed by atoms with E-state index in [2.05, 4.69) is 45.2 Å². The number of nitrogens with one attached hydrogen (secondary N) is 1. The molecule has 0 amide bonds. The van der Waals surface area contributed by atoms with Gasteiger partial charge in [0.1, 0.15) is 0 Å². The highest BCUT2D eigenvalue weighted by atomic mass is 79.9. The highest BCUT2D eigenvalue weighted by molar-refractivity contribution is 9.10. The Kier molecular flexibility index (Phi) is 6.82. The summed E-state index contributed by atoms with van der Waals surface area (Å²) in [6.45, 7) is 6.85. The van der Waals surface area contributed by atoms with Gasteiger partial charge in [-0.2, -0.15) is 0 Å². The first-order valence-electron chi connectivity index (χ1n) is 7.58. The Bertz CT molecular complexity index is 417. The fraction of sp³-hybridized carbons (Fsp3) is 0.625. The zero-order chi connectivity index (χ0) is 14.4. The number of likely N-dealkylation sites (tertiary alicyclic amines) is 1. The van der Waals surface area contributed by atoms with Crippen molar-refractivity contribution in [3.63, 3.8) is 0 Å². The molecular formula is C16H24BrClN2. The lowest BCUT2D eigenvalue weighted by Crippen LogP contribution is -2.42. The Morgan fingerprint density at radius 1 is 1.35 bits per heavy atom. The minimum atomic E-state index is 0.632. The summed E-state index contributed by atoms with van der Waals surface area (Å²) in [5, 5.41) is 4.49. The zero-order valence-corrected chi connectivity index (χ0v) is 14.5. The molecule has 0 spiro atoms. The number of benzene rings is 1. The molecule has 1 aromatic rings. The topological polar surface area (TPSA) is 15.3 Å². The average molecular weight is 360 g/mol. The predicted molar refractivity (Wildman–Crippen MR) is 90.4 cm³/mol. The van der Waals surface area contributed by atoms with E-state index in [9.17, 15) is 0 Å². The number of hydrogen-bond donors (Lipinski definition) is 1. The van der Waals surface area contributed by atoms with E-state index >= 15 is 0 Å². The van der Waals surface area contributed by atoms with Crippen molar-refractivity contribution in [2.24, 2.45) is 0 Å². The first-order valence-corrected chi connectivity index (χ1v) is 8.76. The molecule has 4 heteroatoms. The Morgan fingerprint density at radius 2 is 2.10 bits per heavy atom. The molecule has 1 heterocycles. The van der Waals surface area contributed by atoms with Crippen LogP contribution < -0.4 is 5.32 Å². The summed E-state index contributed by atoms with van der Waals surface area (Å²) in [6.07, 6.45) is 5.11. The van der Waals surface area contributed by atoms with Crippen molar-refractivity contribution in [3.8, 4) is 0 Å². The molecule has 1 fully saturated rings. The zero-order valence-electron chi connectivity index (χ0n) is 12.2. The molecule has 0 unspecified atom stereocenters. The van der Waals surface area contributed by atoms with Gasteiger partial charge in [-0.25, -0.2) is 0 Å². The second-order valence-corrected chi connectivity index (χ2v) is 6.91. The van der Waals surface area contributed by atoms with Crippen LogP contribution in [0, 0.1) is 0 Å². The smallest absolute Gasteiger partial charge is 0.0462 e. The molecule has 20 heavy (non-hydrogen) atoms. The quantitative estimate of drug-likeness (QED) is 0.807. The van der Waals surface area contributed by atoms with Crippen molar-refractivity contribution in [3.05, 3.63) is 33.3 Å². The summed E-state index contributed by atoms with van der Waals surface area (Å²) < 4.78 is 1.04. The summed E-state index contributed by atoms with van der Waals surface area (Å²) in [4.78, 5) is 2.59. The van der Waals surface area contributed by atoms with Gasteiger partial charge in [0.2, 0.25) is 0 Å². The van der Waals surface area contributed by atoms with Crippen molar-refractivity contribution in [2.45, 2.75) is 45.2 Å². The molecule has 1 saturated heterocycles. The third kappa shape index (κ3) is 5.03. The summed E-state index contributed by atoms with van der Waals surface area (Å²) in [7, 11) is 0. The van der Waals surface area contributed by atoms with Gasteiger partial charge in [-0.15, -0.1) is 0 Å². The molecule has 0 radical (unpaired) electrons. The molecule has 1 aliphatic rings. The first-order chi connectivity index (χ1) is 9.69. The number of unbranched alkanes of at least 4 members (excludes halogenated alkanes) is 1. The maximum absolute atomic E-state index is 6.25. The highest BCUT2D eigenvalue weighted by Gasteiger charge is 2.18. The van der Waals surface area contributed by atoms with E-state index in [0.29, 0.717) is 6.04 Å². The molecule has 1 aliphatic heterocycles. The molecule has 0 atom stereocenters. The van der Waals surface area contributed by atoms with Crippen molar-refractivity contribution in [1.29, 1.82) is 0 Å². The molecule has 0 bridgehead atoms. The van der Waals surface area contributed by atoms with Crippen molar-refractivity contribution in [1.82, 2.24) is 10.2 Å². The van der Waals surface area contributed by atoms with E-state index < -0.39 is 0 Å². The van der Waals surface area contributed by atoms with Crippen LogP contribution in [-0.4, -0.2) is 30.6 Å². The van der Waals surface area contributed by atoms with Crippen LogP contribution in [0.2, 0.25) is 5.02 Å². The van der Waals surface area contributed by atoms with Gasteiger partial charge in [0.25, 0.3) is 0 Å². The van der Waals surface area contributed by atoms with E-state index in [1.165, 1.54) is 50.9 Å². The van der Waals surface area contributed by atoms with E-state index in [1.807, 2.05) is 6.07 Å². The van der Waals surface area contributed by atoms with Gasteiger partial charge >= 0.3 is 0 Å².